The number of hydrogen-bond donors (Lipinski definition) is 2. The highest BCUT2D eigenvalue weighted by Crippen LogP contribution is 2.28. The molecule has 2 aromatic rings. The summed E-state index contributed by atoms with van der Waals surface area (Å²) in [5, 5.41) is 11.3. The number of rotatable bonds is 7. The molecule has 148 valence electrons. The Balaban J connectivity index is 2.17. The van der Waals surface area contributed by atoms with Crippen molar-refractivity contribution in [2.45, 2.75) is 53.9 Å². The van der Waals surface area contributed by atoms with Gasteiger partial charge in [-0.3, -0.25) is 14.4 Å². The normalized spacial score (nSPS) is 10.6. The van der Waals surface area contributed by atoms with E-state index in [4.69, 9.17) is 5.11 Å². The van der Waals surface area contributed by atoms with E-state index in [1.54, 1.807) is 24.3 Å². The number of aliphatic carboxylic acids is 1. The number of nitrogens with one attached hydrogen (secondary N) is 1. The third-order valence-corrected chi connectivity index (χ3v) is 5.45. The zero-order valence-electron chi connectivity index (χ0n) is 17.1. The number of amides is 1. The molecule has 0 unspecified atom stereocenters. The van der Waals surface area contributed by atoms with Gasteiger partial charge in [0, 0.05) is 29.7 Å². The van der Waals surface area contributed by atoms with E-state index in [0.717, 1.165) is 27.8 Å². The predicted molar refractivity (Wildman–Crippen MR) is 110 cm³/mol. The molecule has 0 aliphatic carbocycles. The molecule has 0 aliphatic rings. The number of benzene rings is 2. The maximum absolute atomic E-state index is 13.1. The van der Waals surface area contributed by atoms with Gasteiger partial charge >= 0.3 is 5.97 Å². The largest absolute Gasteiger partial charge is 0.481 e. The van der Waals surface area contributed by atoms with Crippen LogP contribution < -0.4 is 5.32 Å². The standard InChI is InChI=1S/C23H27NO4/c1-13-14(2)16(4)22(17(5)15(13)3)23(28)18-9-11-19(12-10-18)24-20(25)7-6-8-21(26)27/h9-12H,6-8H2,1-5H3,(H,24,25)(H,26,27). The molecule has 5 nitrogen and oxygen atoms in total. The average molecular weight is 381 g/mol. The van der Waals surface area contributed by atoms with Gasteiger partial charge in [0.25, 0.3) is 0 Å². The van der Waals surface area contributed by atoms with Crippen LogP contribution in [-0.4, -0.2) is 22.8 Å². The van der Waals surface area contributed by atoms with Crippen LogP contribution in [0.4, 0.5) is 5.69 Å². The van der Waals surface area contributed by atoms with E-state index in [0.29, 0.717) is 17.7 Å². The van der Waals surface area contributed by atoms with E-state index in [1.807, 2.05) is 27.7 Å². The molecule has 2 rings (SSSR count). The molecule has 2 aromatic carbocycles. The van der Waals surface area contributed by atoms with Crippen molar-refractivity contribution in [2.75, 3.05) is 5.32 Å². The van der Waals surface area contributed by atoms with Crippen molar-refractivity contribution in [3.63, 3.8) is 0 Å². The van der Waals surface area contributed by atoms with E-state index >= 15 is 0 Å². The lowest BCUT2D eigenvalue weighted by molar-refractivity contribution is -0.137. The van der Waals surface area contributed by atoms with Crippen LogP contribution >= 0.6 is 0 Å². The summed E-state index contributed by atoms with van der Waals surface area (Å²) in [6, 6.07) is 6.80. The molecule has 28 heavy (non-hydrogen) atoms. The molecule has 0 atom stereocenters. The second-order valence-electron chi connectivity index (χ2n) is 7.20. The average Bonchev–Trinajstić information content (AvgIpc) is 2.65. The van der Waals surface area contributed by atoms with Crippen molar-refractivity contribution in [1.82, 2.24) is 0 Å². The molecule has 0 aliphatic heterocycles. The highest BCUT2D eigenvalue weighted by molar-refractivity contribution is 6.11. The summed E-state index contributed by atoms with van der Waals surface area (Å²) in [5.74, 6) is -1.18. The molecule has 5 heteroatoms. The van der Waals surface area contributed by atoms with Crippen LogP contribution in [0.2, 0.25) is 0 Å². The molecule has 0 aromatic heterocycles. The first kappa shape index (κ1) is 21.4. The van der Waals surface area contributed by atoms with E-state index in [9.17, 15) is 14.4 Å². The summed E-state index contributed by atoms with van der Waals surface area (Å²) < 4.78 is 0. The maximum atomic E-state index is 13.1. The fraction of sp³-hybridized carbons (Fsp3) is 0.348. The van der Waals surface area contributed by atoms with Gasteiger partial charge in [0.05, 0.1) is 0 Å². The van der Waals surface area contributed by atoms with Crippen molar-refractivity contribution < 1.29 is 19.5 Å². The maximum Gasteiger partial charge on any atom is 0.303 e. The van der Waals surface area contributed by atoms with E-state index in [2.05, 4.69) is 12.2 Å². The number of anilines is 1. The van der Waals surface area contributed by atoms with E-state index in [-0.39, 0.29) is 24.5 Å². The highest BCUT2D eigenvalue weighted by Gasteiger charge is 2.19. The van der Waals surface area contributed by atoms with Gasteiger partial charge in [0.2, 0.25) is 5.91 Å². The van der Waals surface area contributed by atoms with Gasteiger partial charge in [-0.25, -0.2) is 0 Å². The van der Waals surface area contributed by atoms with E-state index < -0.39 is 5.97 Å². The monoisotopic (exact) mass is 381 g/mol. The number of carbonyl (C=O) groups excluding carboxylic acids is 2. The second kappa shape index (κ2) is 8.83. The van der Waals surface area contributed by atoms with Gasteiger partial charge in [-0.2, -0.15) is 0 Å². The predicted octanol–water partition coefficient (Wildman–Crippen LogP) is 4.65. The minimum absolute atomic E-state index is 0.0273. The molecule has 0 radical (unpaired) electrons. The lowest BCUT2D eigenvalue weighted by Gasteiger charge is -2.18. The third-order valence-electron chi connectivity index (χ3n) is 5.45. The lowest BCUT2D eigenvalue weighted by Crippen LogP contribution is -2.13. The first-order chi connectivity index (χ1) is 13.1. The zero-order valence-corrected chi connectivity index (χ0v) is 17.1. The molecular weight excluding hydrogens is 354 g/mol. The van der Waals surface area contributed by atoms with Crippen molar-refractivity contribution in [3.05, 3.63) is 63.2 Å². The number of carboxylic acid groups (broad SMARTS) is 1. The first-order valence-corrected chi connectivity index (χ1v) is 9.36. The Hall–Kier alpha value is -2.95. The number of ketones is 1. The van der Waals surface area contributed by atoms with Crippen molar-refractivity contribution in [3.8, 4) is 0 Å². The van der Waals surface area contributed by atoms with Crippen molar-refractivity contribution in [2.24, 2.45) is 0 Å². The van der Waals surface area contributed by atoms with Gasteiger partial charge in [0.15, 0.2) is 5.78 Å². The Kier molecular flexibility index (Phi) is 6.73. The zero-order chi connectivity index (χ0) is 21.0. The molecule has 0 heterocycles. The molecule has 0 spiro atoms. The second-order valence-corrected chi connectivity index (χ2v) is 7.20. The minimum atomic E-state index is -0.914. The third kappa shape index (κ3) is 4.66. The van der Waals surface area contributed by atoms with Crippen LogP contribution in [0.3, 0.4) is 0 Å². The smallest absolute Gasteiger partial charge is 0.303 e. The Labute approximate surface area is 165 Å². The van der Waals surface area contributed by atoms with Gasteiger partial charge < -0.3 is 10.4 Å². The van der Waals surface area contributed by atoms with Crippen LogP contribution in [-0.2, 0) is 9.59 Å². The summed E-state index contributed by atoms with van der Waals surface area (Å²) >= 11 is 0. The van der Waals surface area contributed by atoms with Crippen LogP contribution in [0.15, 0.2) is 24.3 Å². The highest BCUT2D eigenvalue weighted by atomic mass is 16.4. The fourth-order valence-electron chi connectivity index (χ4n) is 3.31. The van der Waals surface area contributed by atoms with Crippen LogP contribution in [0, 0.1) is 34.6 Å². The molecule has 0 bridgehead atoms. The topological polar surface area (TPSA) is 83.5 Å². The Morgan fingerprint density at radius 3 is 1.79 bits per heavy atom. The molecule has 0 saturated carbocycles. The summed E-state index contributed by atoms with van der Waals surface area (Å²) in [5.41, 5.74) is 7.38. The molecule has 2 N–H and O–H groups in total. The van der Waals surface area contributed by atoms with Crippen molar-refractivity contribution >= 4 is 23.3 Å². The van der Waals surface area contributed by atoms with E-state index in [1.165, 1.54) is 5.56 Å². The molecule has 0 fully saturated rings. The van der Waals surface area contributed by atoms with Crippen LogP contribution in [0.25, 0.3) is 0 Å². The summed E-state index contributed by atoms with van der Waals surface area (Å²) in [6.07, 6.45) is 0.407. The molecule has 0 saturated heterocycles. The van der Waals surface area contributed by atoms with Gasteiger partial charge in [0.1, 0.15) is 0 Å². The van der Waals surface area contributed by atoms with Gasteiger partial charge in [-0.15, -0.1) is 0 Å². The summed E-state index contributed by atoms with van der Waals surface area (Å²) in [6.45, 7) is 10.1. The number of carboxylic acids is 1. The Bertz CT molecular complexity index is 898. The quantitative estimate of drug-likeness (QED) is 0.684. The van der Waals surface area contributed by atoms with Crippen molar-refractivity contribution in [1.29, 1.82) is 0 Å². The lowest BCUT2D eigenvalue weighted by atomic mass is 9.86. The Morgan fingerprint density at radius 2 is 1.29 bits per heavy atom. The number of carbonyl (C=O) groups is 3. The summed E-state index contributed by atoms with van der Waals surface area (Å²) in [4.78, 5) is 35.5. The van der Waals surface area contributed by atoms with Gasteiger partial charge in [-0.05, 0) is 93.1 Å². The minimum Gasteiger partial charge on any atom is -0.481 e. The molecule has 1 amide bonds. The first-order valence-electron chi connectivity index (χ1n) is 9.36. The number of hydrogen-bond acceptors (Lipinski definition) is 3. The van der Waals surface area contributed by atoms with Gasteiger partial charge in [-0.1, -0.05) is 0 Å². The summed E-state index contributed by atoms with van der Waals surface area (Å²) in [7, 11) is 0. The van der Waals surface area contributed by atoms with Crippen LogP contribution in [0.5, 0.6) is 0 Å². The SMILES string of the molecule is Cc1c(C)c(C)c(C(=O)c2ccc(NC(=O)CCCC(=O)O)cc2)c(C)c1C. The molecular formula is C23H27NO4. The van der Waals surface area contributed by atoms with Crippen LogP contribution in [0.1, 0.15) is 63.0 Å². The Morgan fingerprint density at radius 1 is 0.786 bits per heavy atom. The fourth-order valence-corrected chi connectivity index (χ4v) is 3.31.